The van der Waals surface area contributed by atoms with Crippen LogP contribution in [-0.4, -0.2) is 6.61 Å². The van der Waals surface area contributed by atoms with E-state index in [0.717, 1.165) is 24.3 Å². The van der Waals surface area contributed by atoms with Crippen LogP contribution in [0, 0.1) is 24.7 Å². The van der Waals surface area contributed by atoms with Crippen molar-refractivity contribution in [2.24, 2.45) is 5.92 Å². The van der Waals surface area contributed by atoms with Crippen LogP contribution in [0.5, 0.6) is 5.75 Å². The molecule has 28 heavy (non-hydrogen) atoms. The summed E-state index contributed by atoms with van der Waals surface area (Å²) in [6.07, 6.45) is 9.90. The zero-order valence-electron chi connectivity index (χ0n) is 17.5. The number of unbranched alkanes of at least 4 members (excludes halogenated alkanes) is 3. The highest BCUT2D eigenvalue weighted by Crippen LogP contribution is 2.35. The highest BCUT2D eigenvalue weighted by molar-refractivity contribution is 5.38. The highest BCUT2D eigenvalue weighted by Gasteiger charge is 2.20. The second kappa shape index (κ2) is 11.0. The number of aryl methyl sites for hydroxylation is 1. The number of benzene rings is 2. The third-order valence-corrected chi connectivity index (χ3v) is 5.82. The number of hydrogen-bond acceptors (Lipinski definition) is 1. The lowest BCUT2D eigenvalue weighted by molar-refractivity contribution is 0.305. The third-order valence-electron chi connectivity index (χ3n) is 5.82. The van der Waals surface area contributed by atoms with Crippen molar-refractivity contribution in [3.8, 4) is 17.6 Å². The summed E-state index contributed by atoms with van der Waals surface area (Å²) in [5, 5.41) is 0. The maximum absolute atomic E-state index is 5.82. The van der Waals surface area contributed by atoms with Crippen LogP contribution in [0.1, 0.15) is 80.9 Å². The SMILES string of the molecule is CCCCCCOc1ccc(C#C[C@H]2CC[C@H](c3ccc(C)cc3)CC2)cc1. The van der Waals surface area contributed by atoms with Gasteiger partial charge in [0.1, 0.15) is 5.75 Å². The molecule has 0 amide bonds. The predicted molar refractivity (Wildman–Crippen MR) is 119 cm³/mol. The summed E-state index contributed by atoms with van der Waals surface area (Å²) in [5.41, 5.74) is 3.94. The molecule has 0 heterocycles. The van der Waals surface area contributed by atoms with Crippen LogP contribution in [0.15, 0.2) is 48.5 Å². The van der Waals surface area contributed by atoms with Gasteiger partial charge in [0.05, 0.1) is 6.61 Å². The molecule has 1 fully saturated rings. The molecule has 3 rings (SSSR count). The van der Waals surface area contributed by atoms with Crippen LogP contribution >= 0.6 is 0 Å². The first-order chi connectivity index (χ1) is 13.7. The van der Waals surface area contributed by atoms with Gasteiger partial charge in [-0.25, -0.2) is 0 Å². The largest absolute Gasteiger partial charge is 0.494 e. The monoisotopic (exact) mass is 374 g/mol. The molecule has 1 saturated carbocycles. The van der Waals surface area contributed by atoms with Gasteiger partial charge < -0.3 is 4.74 Å². The minimum atomic E-state index is 0.538. The first kappa shape index (κ1) is 20.5. The summed E-state index contributed by atoms with van der Waals surface area (Å²) in [5.74, 6) is 9.11. The van der Waals surface area contributed by atoms with Gasteiger partial charge in [-0.2, -0.15) is 0 Å². The molecule has 0 unspecified atom stereocenters. The van der Waals surface area contributed by atoms with Gasteiger partial charge in [-0.3, -0.25) is 0 Å². The zero-order valence-corrected chi connectivity index (χ0v) is 17.5. The van der Waals surface area contributed by atoms with Crippen LogP contribution in [0.25, 0.3) is 0 Å². The molecule has 2 aromatic rings. The summed E-state index contributed by atoms with van der Waals surface area (Å²) in [7, 11) is 0. The molecule has 0 saturated heterocycles. The molecule has 0 N–H and O–H groups in total. The molecule has 0 spiro atoms. The smallest absolute Gasteiger partial charge is 0.119 e. The summed E-state index contributed by atoms with van der Waals surface area (Å²) >= 11 is 0. The van der Waals surface area contributed by atoms with E-state index < -0.39 is 0 Å². The van der Waals surface area contributed by atoms with Crippen LogP contribution < -0.4 is 4.74 Å². The Balaban J connectivity index is 1.43. The van der Waals surface area contributed by atoms with Gasteiger partial charge in [0, 0.05) is 11.5 Å². The fraction of sp³-hybridized carbons (Fsp3) is 0.481. The second-order valence-corrected chi connectivity index (χ2v) is 8.16. The van der Waals surface area contributed by atoms with E-state index in [1.165, 1.54) is 56.1 Å². The van der Waals surface area contributed by atoms with Crippen molar-refractivity contribution in [2.75, 3.05) is 6.61 Å². The van der Waals surface area contributed by atoms with E-state index in [4.69, 9.17) is 4.74 Å². The van der Waals surface area contributed by atoms with E-state index in [0.29, 0.717) is 11.8 Å². The van der Waals surface area contributed by atoms with Gasteiger partial charge in [-0.1, -0.05) is 67.9 Å². The van der Waals surface area contributed by atoms with Gasteiger partial charge >= 0.3 is 0 Å². The van der Waals surface area contributed by atoms with E-state index >= 15 is 0 Å². The van der Waals surface area contributed by atoms with E-state index in [-0.39, 0.29) is 0 Å². The van der Waals surface area contributed by atoms with E-state index in [1.54, 1.807) is 0 Å². The summed E-state index contributed by atoms with van der Waals surface area (Å²) in [4.78, 5) is 0. The molecular formula is C27H34O. The van der Waals surface area contributed by atoms with E-state index in [9.17, 15) is 0 Å². The van der Waals surface area contributed by atoms with Crippen molar-refractivity contribution in [2.45, 2.75) is 71.1 Å². The first-order valence-corrected chi connectivity index (χ1v) is 11.1. The molecule has 0 bridgehead atoms. The van der Waals surface area contributed by atoms with Gasteiger partial charge in [0.25, 0.3) is 0 Å². The Morgan fingerprint density at radius 1 is 0.857 bits per heavy atom. The van der Waals surface area contributed by atoms with Gasteiger partial charge in [0.2, 0.25) is 0 Å². The molecule has 148 valence electrons. The number of hydrogen-bond donors (Lipinski definition) is 0. The van der Waals surface area contributed by atoms with Crippen molar-refractivity contribution >= 4 is 0 Å². The standard InChI is InChI=1S/C27H34O/c1-3-4-5-6-21-28-27-19-13-24(14-20-27)10-9-23-11-17-26(18-12-23)25-15-7-22(2)8-16-25/h7-8,13-16,19-20,23,26H,3-6,11-12,17-18,21H2,1-2H3/t23-,26-. The van der Waals surface area contributed by atoms with Crippen molar-refractivity contribution in [1.82, 2.24) is 0 Å². The minimum absolute atomic E-state index is 0.538. The fourth-order valence-electron chi connectivity index (χ4n) is 3.95. The Morgan fingerprint density at radius 3 is 2.25 bits per heavy atom. The summed E-state index contributed by atoms with van der Waals surface area (Å²) in [6.45, 7) is 5.20. The Hall–Kier alpha value is -2.20. The normalized spacial score (nSPS) is 18.9. The lowest BCUT2D eigenvalue weighted by Crippen LogP contribution is -2.12. The average molecular weight is 375 g/mol. The molecule has 1 heteroatoms. The van der Waals surface area contributed by atoms with Crippen molar-refractivity contribution in [3.63, 3.8) is 0 Å². The van der Waals surface area contributed by atoms with Crippen LogP contribution in [0.2, 0.25) is 0 Å². The summed E-state index contributed by atoms with van der Waals surface area (Å²) in [6, 6.07) is 17.4. The number of ether oxygens (including phenoxy) is 1. The van der Waals surface area contributed by atoms with E-state index in [2.05, 4.69) is 74.2 Å². The quantitative estimate of drug-likeness (QED) is 0.365. The Labute approximate surface area is 171 Å². The molecule has 1 nitrogen and oxygen atoms in total. The van der Waals surface area contributed by atoms with Crippen LogP contribution in [0.4, 0.5) is 0 Å². The molecule has 0 aromatic heterocycles. The molecular weight excluding hydrogens is 340 g/mol. The minimum Gasteiger partial charge on any atom is -0.494 e. The Morgan fingerprint density at radius 2 is 1.57 bits per heavy atom. The van der Waals surface area contributed by atoms with E-state index in [1.807, 2.05) is 0 Å². The average Bonchev–Trinajstić information content (AvgIpc) is 2.74. The van der Waals surface area contributed by atoms with Crippen molar-refractivity contribution in [3.05, 3.63) is 65.2 Å². The fourth-order valence-corrected chi connectivity index (χ4v) is 3.95. The molecule has 2 aromatic carbocycles. The topological polar surface area (TPSA) is 9.23 Å². The Bertz CT molecular complexity index is 753. The zero-order chi connectivity index (χ0) is 19.6. The van der Waals surface area contributed by atoms with Gasteiger partial charge in [-0.05, 0) is 74.8 Å². The molecule has 0 atom stereocenters. The van der Waals surface area contributed by atoms with Crippen molar-refractivity contribution < 1.29 is 4.74 Å². The predicted octanol–water partition coefficient (Wildman–Crippen LogP) is 7.28. The maximum Gasteiger partial charge on any atom is 0.119 e. The Kier molecular flexibility index (Phi) is 8.04. The molecule has 1 aliphatic carbocycles. The molecule has 0 radical (unpaired) electrons. The highest BCUT2D eigenvalue weighted by atomic mass is 16.5. The maximum atomic E-state index is 5.82. The van der Waals surface area contributed by atoms with Gasteiger partial charge in [-0.15, -0.1) is 0 Å². The van der Waals surface area contributed by atoms with Crippen molar-refractivity contribution in [1.29, 1.82) is 0 Å². The van der Waals surface area contributed by atoms with Gasteiger partial charge in [0.15, 0.2) is 0 Å². The molecule has 0 aliphatic heterocycles. The lowest BCUT2D eigenvalue weighted by atomic mass is 9.79. The third kappa shape index (κ3) is 6.45. The molecule has 1 aliphatic rings. The first-order valence-electron chi connectivity index (χ1n) is 11.1. The second-order valence-electron chi connectivity index (χ2n) is 8.16. The summed E-state index contributed by atoms with van der Waals surface area (Å²) < 4.78 is 5.82. The lowest BCUT2D eigenvalue weighted by Gasteiger charge is -2.26. The number of rotatable bonds is 7. The van der Waals surface area contributed by atoms with Crippen LogP contribution in [0.3, 0.4) is 0 Å². The van der Waals surface area contributed by atoms with Crippen LogP contribution in [-0.2, 0) is 0 Å².